The largest absolute Gasteiger partial charge is 0.454 e. The number of furan rings is 2. The number of para-hydroxylation sites is 4. The first-order chi connectivity index (χ1) is 36.0. The van der Waals surface area contributed by atoms with E-state index in [0.717, 1.165) is 95.6 Å². The van der Waals surface area contributed by atoms with Gasteiger partial charge in [0.1, 0.15) is 11.2 Å². The van der Waals surface area contributed by atoms with Crippen LogP contribution >= 0.6 is 0 Å². The van der Waals surface area contributed by atoms with E-state index in [1.807, 2.05) is 24.3 Å². The van der Waals surface area contributed by atoms with Crippen molar-refractivity contribution in [2.45, 2.75) is 94.8 Å². The molecule has 2 heterocycles. The molecule has 0 radical (unpaired) electrons. The zero-order valence-corrected chi connectivity index (χ0v) is 41.1. The molecule has 14 rings (SSSR count). The highest BCUT2D eigenvalue weighted by molar-refractivity contribution is 6.15. The molecule has 2 saturated carbocycles. The second-order valence-electron chi connectivity index (χ2n) is 21.2. The molecule has 2 aromatic heterocycles. The van der Waals surface area contributed by atoms with E-state index >= 15 is 0 Å². The predicted molar refractivity (Wildman–Crippen MR) is 298 cm³/mol. The smallest absolute Gasteiger partial charge is 0.159 e. The van der Waals surface area contributed by atoms with Crippen LogP contribution in [0, 0.1) is 22.7 Å². The van der Waals surface area contributed by atoms with Crippen LogP contribution in [0.15, 0.2) is 167 Å². The maximum atomic E-state index is 9.97. The fourth-order valence-corrected chi connectivity index (χ4v) is 13.4. The molecule has 0 saturated heterocycles. The van der Waals surface area contributed by atoms with Crippen LogP contribution < -0.4 is 9.80 Å². The number of hydrogen-bond donors (Lipinski definition) is 0. The normalized spacial score (nSPS) is 17.8. The third kappa shape index (κ3) is 6.88. The van der Waals surface area contributed by atoms with Gasteiger partial charge in [-0.2, -0.15) is 10.5 Å². The van der Waals surface area contributed by atoms with Gasteiger partial charge in [0.2, 0.25) is 0 Å². The summed E-state index contributed by atoms with van der Waals surface area (Å²) in [6, 6.07) is 56.3. The fourth-order valence-electron chi connectivity index (χ4n) is 13.4. The van der Waals surface area contributed by atoms with Crippen molar-refractivity contribution >= 4 is 94.9 Å². The van der Waals surface area contributed by atoms with E-state index in [1.54, 1.807) is 0 Å². The molecule has 0 aliphatic heterocycles. The molecule has 0 spiro atoms. The molecule has 8 aromatic carbocycles. The fraction of sp³-hybridized carbons (Fsp3) is 0.224. The highest BCUT2D eigenvalue weighted by Gasteiger charge is 2.39. The number of hydrogen-bond acceptors (Lipinski definition) is 6. The molecule has 2 fully saturated rings. The Morgan fingerprint density at radius 2 is 1.00 bits per heavy atom. The van der Waals surface area contributed by atoms with E-state index in [9.17, 15) is 10.5 Å². The summed E-state index contributed by atoms with van der Waals surface area (Å²) in [5, 5.41) is 26.8. The molecular formula is C67H54N4O2. The molecular weight excluding hydrogens is 893 g/mol. The molecule has 4 aliphatic rings. The van der Waals surface area contributed by atoms with Crippen molar-refractivity contribution in [3.8, 4) is 12.1 Å². The lowest BCUT2D eigenvalue weighted by atomic mass is 9.67. The molecule has 1 unspecified atom stereocenters. The van der Waals surface area contributed by atoms with Gasteiger partial charge in [0.25, 0.3) is 0 Å². The minimum atomic E-state index is -0.298. The van der Waals surface area contributed by atoms with Crippen LogP contribution in [0.1, 0.15) is 128 Å². The van der Waals surface area contributed by atoms with Gasteiger partial charge in [-0.1, -0.05) is 143 Å². The Labute approximate surface area is 425 Å². The second-order valence-corrected chi connectivity index (χ2v) is 21.2. The van der Waals surface area contributed by atoms with Gasteiger partial charge >= 0.3 is 0 Å². The van der Waals surface area contributed by atoms with Gasteiger partial charge in [-0.25, -0.2) is 0 Å². The lowest BCUT2D eigenvalue weighted by Gasteiger charge is -2.41. The Hall–Kier alpha value is -8.32. The van der Waals surface area contributed by atoms with E-state index in [1.165, 1.54) is 91.7 Å². The number of anilines is 5. The van der Waals surface area contributed by atoms with Crippen LogP contribution in [-0.2, 0) is 5.41 Å². The number of fused-ring (bicyclic) bond motifs is 6. The average molecular weight is 947 g/mol. The van der Waals surface area contributed by atoms with Gasteiger partial charge in [-0.3, -0.25) is 0 Å². The molecule has 0 amide bonds. The molecule has 0 bridgehead atoms. The Bertz CT molecular complexity index is 4010. The summed E-state index contributed by atoms with van der Waals surface area (Å²) in [6.07, 6.45) is 20.3. The zero-order valence-electron chi connectivity index (χ0n) is 41.1. The first-order valence-electron chi connectivity index (χ1n) is 26.5. The Morgan fingerprint density at radius 1 is 0.507 bits per heavy atom. The highest BCUT2D eigenvalue weighted by atomic mass is 16.3. The topological polar surface area (TPSA) is 80.3 Å². The first kappa shape index (κ1) is 43.5. The third-order valence-corrected chi connectivity index (χ3v) is 17.0. The van der Waals surface area contributed by atoms with Crippen LogP contribution in [0.3, 0.4) is 0 Å². The summed E-state index contributed by atoms with van der Waals surface area (Å²) in [5.74, 6) is 0.982. The molecule has 4 aliphatic carbocycles. The Balaban J connectivity index is 0.975. The first-order valence-corrected chi connectivity index (χ1v) is 26.5. The van der Waals surface area contributed by atoms with Gasteiger partial charge in [0.15, 0.2) is 11.2 Å². The summed E-state index contributed by atoms with van der Waals surface area (Å²) in [5.41, 5.74) is 16.8. The monoisotopic (exact) mass is 946 g/mol. The van der Waals surface area contributed by atoms with Crippen molar-refractivity contribution in [2.24, 2.45) is 0 Å². The molecule has 6 heteroatoms. The second kappa shape index (κ2) is 17.2. The molecule has 354 valence electrons. The van der Waals surface area contributed by atoms with Gasteiger partial charge in [-0.05, 0) is 138 Å². The van der Waals surface area contributed by atoms with E-state index < -0.39 is 0 Å². The molecule has 1 atom stereocenters. The molecule has 6 nitrogen and oxygen atoms in total. The minimum absolute atomic E-state index is 0.298. The van der Waals surface area contributed by atoms with E-state index in [0.29, 0.717) is 23.0 Å². The van der Waals surface area contributed by atoms with Gasteiger partial charge in [-0.15, -0.1) is 0 Å². The molecule has 0 N–H and O–H groups in total. The number of allylic oxidation sites excluding steroid dienone is 2. The lowest BCUT2D eigenvalue weighted by Crippen LogP contribution is -2.29. The number of rotatable bonds is 8. The average Bonchev–Trinajstić information content (AvgIpc) is 4.04. The van der Waals surface area contributed by atoms with E-state index in [4.69, 9.17) is 8.83 Å². The van der Waals surface area contributed by atoms with Crippen LogP contribution in [-0.4, -0.2) is 0 Å². The lowest BCUT2D eigenvalue weighted by molar-refractivity contribution is 0.442. The Kier molecular flexibility index (Phi) is 10.2. The van der Waals surface area contributed by atoms with Crippen molar-refractivity contribution in [2.75, 3.05) is 9.80 Å². The van der Waals surface area contributed by atoms with E-state index in [2.05, 4.69) is 168 Å². The van der Waals surface area contributed by atoms with Crippen molar-refractivity contribution < 1.29 is 8.83 Å². The maximum Gasteiger partial charge on any atom is 0.159 e. The van der Waals surface area contributed by atoms with Crippen LogP contribution in [0.25, 0.3) is 66.4 Å². The minimum Gasteiger partial charge on any atom is -0.454 e. The van der Waals surface area contributed by atoms with Crippen LogP contribution in [0.5, 0.6) is 0 Å². The quantitative estimate of drug-likeness (QED) is 0.151. The van der Waals surface area contributed by atoms with Gasteiger partial charge < -0.3 is 18.6 Å². The highest BCUT2D eigenvalue weighted by Crippen LogP contribution is 2.55. The van der Waals surface area contributed by atoms with Crippen molar-refractivity contribution in [3.05, 3.63) is 197 Å². The number of nitrogens with zero attached hydrogens (tertiary/aromatic N) is 4. The number of nitriles is 2. The summed E-state index contributed by atoms with van der Waals surface area (Å²) < 4.78 is 14.4. The predicted octanol–water partition coefficient (Wildman–Crippen LogP) is 18.8. The Morgan fingerprint density at radius 3 is 1.55 bits per heavy atom. The standard InChI is InChI=1S/C67H54N4O2/c1-67-38-36-55-57(70(47-30-24-42(40-68)25-31-47)59-22-10-20-53-51-18-8-16-49(63(51)72-65(53)59)44-12-4-2-5-13-44)35-29-46-28-34-56(62(67)61(46)55)58(37-39-67)71(48-32-26-43(41-69)27-33-48)60-23-11-21-54-52-19-9-17-50(64(52)73-66(54)60)45-14-6-3-7-15-45/h8-11,16-38,44-45H,2-7,12-15,39H2,1H3. The summed E-state index contributed by atoms with van der Waals surface area (Å²) in [6.45, 7) is 2.38. The molecule has 73 heavy (non-hydrogen) atoms. The maximum absolute atomic E-state index is 9.97. The summed E-state index contributed by atoms with van der Waals surface area (Å²) >= 11 is 0. The third-order valence-electron chi connectivity index (χ3n) is 17.0. The van der Waals surface area contributed by atoms with Gasteiger partial charge in [0.05, 0.1) is 40.3 Å². The van der Waals surface area contributed by atoms with Crippen molar-refractivity contribution in [1.82, 2.24) is 0 Å². The van der Waals surface area contributed by atoms with Crippen molar-refractivity contribution in [1.29, 1.82) is 10.5 Å². The van der Waals surface area contributed by atoms with Gasteiger partial charge in [0, 0.05) is 55.2 Å². The molecule has 10 aromatic rings. The zero-order chi connectivity index (χ0) is 48.8. The van der Waals surface area contributed by atoms with E-state index in [-0.39, 0.29) is 5.41 Å². The SMILES string of the molecule is CC12C=Cc3c(N(c4ccc(C#N)cc4)c4cccc5c4oc4c(C6CCCCC6)cccc45)ccc4ccc(c1c34)C(N(c1ccc(C#N)cc1)c1cccc3c1oc1c(C4CCCCC4)cccc13)=CC2. The van der Waals surface area contributed by atoms with Crippen molar-refractivity contribution in [3.63, 3.8) is 0 Å². The van der Waals surface area contributed by atoms with Crippen LogP contribution in [0.4, 0.5) is 28.4 Å². The summed E-state index contributed by atoms with van der Waals surface area (Å²) in [7, 11) is 0. The number of benzene rings is 8. The summed E-state index contributed by atoms with van der Waals surface area (Å²) in [4.78, 5) is 4.72. The van der Waals surface area contributed by atoms with Crippen LogP contribution in [0.2, 0.25) is 0 Å².